The van der Waals surface area contributed by atoms with Crippen LogP contribution in [0.25, 0.3) is 10.9 Å². The molecule has 1 aromatic heterocycles. The molecule has 0 saturated carbocycles. The zero-order chi connectivity index (χ0) is 12.9. The second kappa shape index (κ2) is 3.87. The van der Waals surface area contributed by atoms with Gasteiger partial charge in [-0.25, -0.2) is 4.39 Å². The second-order valence-corrected chi connectivity index (χ2v) is 4.84. The predicted octanol–water partition coefficient (Wildman–Crippen LogP) is 1.43. The maximum Gasteiger partial charge on any atom is 0.215 e. The molecule has 1 aliphatic rings. The van der Waals surface area contributed by atoms with Crippen molar-refractivity contribution in [2.75, 3.05) is 6.54 Å². The van der Waals surface area contributed by atoms with Crippen molar-refractivity contribution in [1.29, 1.82) is 0 Å². The summed E-state index contributed by atoms with van der Waals surface area (Å²) in [5.74, 6) is -0.148. The molecule has 0 saturated heterocycles. The summed E-state index contributed by atoms with van der Waals surface area (Å²) in [6.45, 7) is 1.33. The molecule has 1 aromatic carbocycles. The molecule has 0 bridgehead atoms. The molecule has 0 radical (unpaired) electrons. The lowest BCUT2D eigenvalue weighted by atomic mass is 10.0. The van der Waals surface area contributed by atoms with Crippen molar-refractivity contribution in [3.63, 3.8) is 0 Å². The van der Waals surface area contributed by atoms with Crippen molar-refractivity contribution in [3.8, 4) is 0 Å². The zero-order valence-electron chi connectivity index (χ0n) is 10.5. The van der Waals surface area contributed by atoms with Crippen LogP contribution in [0.5, 0.6) is 0 Å². The number of fused-ring (bicyclic) bond motifs is 3. The molecule has 0 aliphatic carbocycles. The fraction of sp³-hybridized carbons (Fsp3) is 0.308. The molecule has 0 fully saturated rings. The fourth-order valence-corrected chi connectivity index (χ4v) is 2.82. The number of aryl methyl sites for hydroxylation is 1. The maximum absolute atomic E-state index is 13.4. The lowest BCUT2D eigenvalue weighted by molar-refractivity contribution is 0.216. The number of hydrogen-bond acceptors (Lipinski definition) is 1. The molecule has 18 heavy (non-hydrogen) atoms. The van der Waals surface area contributed by atoms with Gasteiger partial charge < -0.3 is 9.47 Å². The number of halogens is 1. The first-order valence-corrected chi connectivity index (χ1v) is 6.09. The number of benzene rings is 1. The van der Waals surface area contributed by atoms with E-state index in [0.29, 0.717) is 6.54 Å². The number of nitrogens with zero attached hydrogens (tertiary/aromatic N) is 2. The van der Waals surface area contributed by atoms with Gasteiger partial charge in [-0.15, -0.1) is 0 Å². The number of amides is 1. The third-order valence-corrected chi connectivity index (χ3v) is 3.81. The van der Waals surface area contributed by atoms with Crippen LogP contribution >= 0.6 is 0 Å². The minimum absolute atomic E-state index is 0.0778. The molecule has 5 heteroatoms. The van der Waals surface area contributed by atoms with Crippen molar-refractivity contribution in [2.45, 2.75) is 13.0 Å². The molecule has 1 aliphatic heterocycles. The van der Waals surface area contributed by atoms with E-state index < -0.39 is 0 Å². The van der Waals surface area contributed by atoms with E-state index in [1.807, 2.05) is 11.9 Å². The van der Waals surface area contributed by atoms with Gasteiger partial charge in [-0.3, -0.25) is 4.79 Å². The standard InChI is InChI=1S/C13H14BFN2O/c1-16-11-3-2-8(15)6-9(11)10-7-17(13(14)18)5-4-12(10)16/h2-3,6H,4-5,7,14H2,1H3. The Bertz CT molecular complexity index is 650. The Balaban J connectivity index is 2.20. The van der Waals surface area contributed by atoms with Crippen molar-refractivity contribution in [2.24, 2.45) is 7.05 Å². The van der Waals surface area contributed by atoms with Crippen LogP contribution in [0, 0.1) is 5.82 Å². The van der Waals surface area contributed by atoms with Crippen LogP contribution in [-0.4, -0.2) is 29.7 Å². The first-order chi connectivity index (χ1) is 8.58. The van der Waals surface area contributed by atoms with Crippen molar-refractivity contribution < 1.29 is 9.18 Å². The third-order valence-electron chi connectivity index (χ3n) is 3.81. The summed E-state index contributed by atoms with van der Waals surface area (Å²) in [5, 5.41) is 0.929. The molecule has 3 nitrogen and oxygen atoms in total. The van der Waals surface area contributed by atoms with Crippen LogP contribution in [0.4, 0.5) is 9.18 Å². The van der Waals surface area contributed by atoms with Gasteiger partial charge in [0.2, 0.25) is 7.85 Å². The summed E-state index contributed by atoms with van der Waals surface area (Å²) in [5.41, 5.74) is 3.34. The predicted molar refractivity (Wildman–Crippen MR) is 70.9 cm³/mol. The van der Waals surface area contributed by atoms with E-state index in [1.54, 1.807) is 20.0 Å². The van der Waals surface area contributed by atoms with Gasteiger partial charge in [0.25, 0.3) is 0 Å². The van der Waals surface area contributed by atoms with Crippen molar-refractivity contribution in [3.05, 3.63) is 35.3 Å². The molecule has 2 heterocycles. The van der Waals surface area contributed by atoms with E-state index >= 15 is 0 Å². The molecule has 1 amide bonds. The monoisotopic (exact) mass is 244 g/mol. The molecular weight excluding hydrogens is 230 g/mol. The summed E-state index contributed by atoms with van der Waals surface area (Å²) in [6, 6.07) is 4.86. The Morgan fingerprint density at radius 1 is 1.44 bits per heavy atom. The second-order valence-electron chi connectivity index (χ2n) is 4.84. The van der Waals surface area contributed by atoms with Crippen molar-refractivity contribution in [1.82, 2.24) is 9.47 Å². The number of carbonyl (C=O) groups is 1. The van der Waals surface area contributed by atoms with Crippen LogP contribution < -0.4 is 0 Å². The quantitative estimate of drug-likeness (QED) is 0.643. The maximum atomic E-state index is 13.4. The summed E-state index contributed by atoms with van der Waals surface area (Å²) in [4.78, 5) is 13.3. The Kier molecular flexibility index (Phi) is 2.43. The summed E-state index contributed by atoms with van der Waals surface area (Å²) in [7, 11) is 3.58. The third kappa shape index (κ3) is 1.54. The van der Waals surface area contributed by atoms with E-state index in [-0.39, 0.29) is 11.6 Å². The van der Waals surface area contributed by atoms with Gasteiger partial charge in [-0.05, 0) is 18.2 Å². The number of rotatable bonds is 0. The van der Waals surface area contributed by atoms with Crippen LogP contribution in [-0.2, 0) is 20.0 Å². The van der Waals surface area contributed by atoms with Gasteiger partial charge in [0.15, 0.2) is 5.81 Å². The fourth-order valence-electron chi connectivity index (χ4n) is 2.82. The lowest BCUT2D eigenvalue weighted by Crippen LogP contribution is -2.35. The minimum Gasteiger partial charge on any atom is -0.347 e. The smallest absolute Gasteiger partial charge is 0.215 e. The Labute approximate surface area is 106 Å². The Hall–Kier alpha value is -1.78. The lowest BCUT2D eigenvalue weighted by Gasteiger charge is -2.27. The molecule has 2 aromatic rings. The zero-order valence-corrected chi connectivity index (χ0v) is 10.5. The number of carbonyl (C=O) groups excluding carboxylic acids is 1. The van der Waals surface area contributed by atoms with E-state index in [2.05, 4.69) is 4.57 Å². The molecule has 0 unspecified atom stereocenters. The van der Waals surface area contributed by atoms with Gasteiger partial charge in [0.05, 0.1) is 0 Å². The average molecular weight is 244 g/mol. The van der Waals surface area contributed by atoms with Gasteiger partial charge in [-0.2, -0.15) is 0 Å². The highest BCUT2D eigenvalue weighted by molar-refractivity contribution is 6.56. The first-order valence-electron chi connectivity index (χ1n) is 6.09. The van der Waals surface area contributed by atoms with Crippen LogP contribution in [0.3, 0.4) is 0 Å². The minimum atomic E-state index is -0.226. The van der Waals surface area contributed by atoms with E-state index in [1.165, 1.54) is 11.8 Å². The van der Waals surface area contributed by atoms with Crippen LogP contribution in [0.2, 0.25) is 0 Å². The molecular formula is C13H14BFN2O. The molecule has 92 valence electrons. The molecule has 3 rings (SSSR count). The summed E-state index contributed by atoms with van der Waals surface area (Å²) < 4.78 is 15.5. The number of aromatic nitrogens is 1. The van der Waals surface area contributed by atoms with Gasteiger partial charge in [0, 0.05) is 48.7 Å². The highest BCUT2D eigenvalue weighted by Gasteiger charge is 2.23. The Morgan fingerprint density at radius 3 is 2.94 bits per heavy atom. The van der Waals surface area contributed by atoms with Crippen molar-refractivity contribution >= 4 is 24.6 Å². The van der Waals surface area contributed by atoms with Gasteiger partial charge >= 0.3 is 0 Å². The average Bonchev–Trinajstić information content (AvgIpc) is 2.62. The normalized spacial score (nSPS) is 14.9. The SMILES string of the molecule is BC(=O)N1CCc2c(c3cc(F)ccc3n2C)C1. The van der Waals surface area contributed by atoms with Crippen LogP contribution in [0.15, 0.2) is 18.2 Å². The topological polar surface area (TPSA) is 25.2 Å². The summed E-state index contributed by atoms with van der Waals surface area (Å²) >= 11 is 0. The van der Waals surface area contributed by atoms with Crippen LogP contribution in [0.1, 0.15) is 11.3 Å². The van der Waals surface area contributed by atoms with Gasteiger partial charge in [-0.1, -0.05) is 0 Å². The summed E-state index contributed by atoms with van der Waals surface area (Å²) in [6.07, 6.45) is 0.835. The van der Waals surface area contributed by atoms with Gasteiger partial charge in [0.1, 0.15) is 5.82 Å². The number of hydrogen-bond donors (Lipinski definition) is 0. The molecule has 0 spiro atoms. The molecule has 0 atom stereocenters. The van der Waals surface area contributed by atoms with E-state index in [0.717, 1.165) is 29.4 Å². The Morgan fingerprint density at radius 2 is 2.22 bits per heavy atom. The van der Waals surface area contributed by atoms with E-state index in [4.69, 9.17) is 0 Å². The van der Waals surface area contributed by atoms with E-state index in [9.17, 15) is 9.18 Å². The first kappa shape index (κ1) is 11.3. The highest BCUT2D eigenvalue weighted by atomic mass is 19.1. The molecule has 0 N–H and O–H groups in total. The highest BCUT2D eigenvalue weighted by Crippen LogP contribution is 2.30. The largest absolute Gasteiger partial charge is 0.347 e.